The molecule has 22 heavy (non-hydrogen) atoms. The fraction of sp³-hybridized carbons (Fsp3) is 0.300. The van der Waals surface area contributed by atoms with E-state index in [-0.39, 0.29) is 6.10 Å². The summed E-state index contributed by atoms with van der Waals surface area (Å²) < 4.78 is 0. The van der Waals surface area contributed by atoms with Crippen LogP contribution in [0.15, 0.2) is 59.5 Å². The monoisotopic (exact) mass is 312 g/mol. The molecule has 0 aliphatic rings. The maximum Gasteiger partial charge on any atom is 0.0538 e. The third kappa shape index (κ3) is 6.08. The van der Waals surface area contributed by atoms with Gasteiger partial charge in [0.25, 0.3) is 0 Å². The van der Waals surface area contributed by atoms with Crippen molar-refractivity contribution in [3.05, 3.63) is 65.7 Å². The SMILES string of the molecule is CCC(O)CCCSc1ccc(/C=C/c2ccccc2)cc1. The Morgan fingerprint density at radius 3 is 2.23 bits per heavy atom. The topological polar surface area (TPSA) is 20.2 Å². The molecule has 0 amide bonds. The first kappa shape index (κ1) is 16.9. The highest BCUT2D eigenvalue weighted by Gasteiger charge is 2.00. The minimum absolute atomic E-state index is 0.133. The van der Waals surface area contributed by atoms with Gasteiger partial charge >= 0.3 is 0 Å². The lowest BCUT2D eigenvalue weighted by Crippen LogP contribution is -2.03. The summed E-state index contributed by atoms with van der Waals surface area (Å²) in [5.74, 6) is 1.07. The van der Waals surface area contributed by atoms with E-state index in [1.807, 2.05) is 24.8 Å². The van der Waals surface area contributed by atoms with Crippen molar-refractivity contribution in [2.75, 3.05) is 5.75 Å². The Morgan fingerprint density at radius 2 is 1.59 bits per heavy atom. The summed E-state index contributed by atoms with van der Waals surface area (Å²) in [6, 6.07) is 19.0. The Kier molecular flexibility index (Phi) is 7.27. The number of aliphatic hydroxyl groups is 1. The quantitative estimate of drug-likeness (QED) is 0.394. The second-order valence-corrected chi connectivity index (χ2v) is 6.53. The first-order chi connectivity index (χ1) is 10.8. The molecule has 0 aliphatic carbocycles. The van der Waals surface area contributed by atoms with E-state index >= 15 is 0 Å². The highest BCUT2D eigenvalue weighted by Crippen LogP contribution is 2.21. The molecule has 0 aliphatic heterocycles. The Morgan fingerprint density at radius 1 is 0.955 bits per heavy atom. The third-order valence-electron chi connectivity index (χ3n) is 3.57. The molecule has 116 valence electrons. The van der Waals surface area contributed by atoms with E-state index in [1.54, 1.807) is 0 Å². The molecule has 2 aromatic rings. The van der Waals surface area contributed by atoms with Gasteiger partial charge in [0.15, 0.2) is 0 Å². The largest absolute Gasteiger partial charge is 0.393 e. The van der Waals surface area contributed by atoms with Crippen molar-refractivity contribution in [1.29, 1.82) is 0 Å². The van der Waals surface area contributed by atoms with Gasteiger partial charge < -0.3 is 5.11 Å². The summed E-state index contributed by atoms with van der Waals surface area (Å²) in [7, 11) is 0. The van der Waals surface area contributed by atoms with E-state index in [1.165, 1.54) is 16.0 Å². The van der Waals surface area contributed by atoms with Gasteiger partial charge in [-0.3, -0.25) is 0 Å². The predicted octanol–water partition coefficient (Wildman–Crippen LogP) is 5.50. The average Bonchev–Trinajstić information content (AvgIpc) is 2.58. The van der Waals surface area contributed by atoms with Gasteiger partial charge in [0.2, 0.25) is 0 Å². The number of hydrogen-bond acceptors (Lipinski definition) is 2. The fourth-order valence-corrected chi connectivity index (χ4v) is 3.02. The summed E-state index contributed by atoms with van der Waals surface area (Å²) in [4.78, 5) is 1.29. The van der Waals surface area contributed by atoms with E-state index in [9.17, 15) is 5.11 Å². The van der Waals surface area contributed by atoms with E-state index in [0.29, 0.717) is 0 Å². The van der Waals surface area contributed by atoms with Crippen LogP contribution in [0.5, 0.6) is 0 Å². The Bertz CT molecular complexity index is 560. The molecule has 0 saturated heterocycles. The molecule has 1 N–H and O–H groups in total. The Balaban J connectivity index is 1.79. The molecule has 0 spiro atoms. The van der Waals surface area contributed by atoms with Crippen LogP contribution in [0.4, 0.5) is 0 Å². The summed E-state index contributed by atoms with van der Waals surface area (Å²) >= 11 is 1.86. The minimum Gasteiger partial charge on any atom is -0.393 e. The van der Waals surface area contributed by atoms with E-state index in [2.05, 4.69) is 60.7 Å². The van der Waals surface area contributed by atoms with Crippen LogP contribution in [0, 0.1) is 0 Å². The summed E-state index contributed by atoms with van der Waals surface area (Å²) in [5, 5.41) is 9.53. The molecule has 0 aromatic heterocycles. The molecule has 0 bridgehead atoms. The first-order valence-electron chi connectivity index (χ1n) is 7.92. The lowest BCUT2D eigenvalue weighted by Gasteiger charge is -2.07. The molecule has 1 nitrogen and oxygen atoms in total. The standard InChI is InChI=1S/C20H24OS/c1-2-19(21)9-6-16-22-20-14-12-18(13-15-20)11-10-17-7-4-3-5-8-17/h3-5,7-8,10-15,19,21H,2,6,9,16H2,1H3/b11-10+. The van der Waals surface area contributed by atoms with E-state index < -0.39 is 0 Å². The van der Waals surface area contributed by atoms with Gasteiger partial charge in [-0.15, -0.1) is 11.8 Å². The Hall–Kier alpha value is -1.51. The maximum atomic E-state index is 9.53. The number of rotatable bonds is 8. The Labute approximate surface area is 138 Å². The van der Waals surface area contributed by atoms with Gasteiger partial charge in [-0.1, -0.05) is 61.5 Å². The maximum absolute atomic E-state index is 9.53. The molecule has 0 radical (unpaired) electrons. The molecule has 2 aromatic carbocycles. The fourth-order valence-electron chi connectivity index (χ4n) is 2.14. The molecular formula is C20H24OS. The van der Waals surface area contributed by atoms with Crippen LogP contribution in [0.3, 0.4) is 0 Å². The van der Waals surface area contributed by atoms with Crippen molar-refractivity contribution < 1.29 is 5.11 Å². The molecule has 1 unspecified atom stereocenters. The third-order valence-corrected chi connectivity index (χ3v) is 4.67. The van der Waals surface area contributed by atoms with Crippen LogP contribution in [0.1, 0.15) is 37.3 Å². The van der Waals surface area contributed by atoms with E-state index in [4.69, 9.17) is 0 Å². The second kappa shape index (κ2) is 9.50. The number of benzene rings is 2. The van der Waals surface area contributed by atoms with Crippen LogP contribution < -0.4 is 0 Å². The van der Waals surface area contributed by atoms with Crippen LogP contribution in [0.25, 0.3) is 12.2 Å². The minimum atomic E-state index is -0.133. The second-order valence-electron chi connectivity index (χ2n) is 5.37. The lowest BCUT2D eigenvalue weighted by atomic mass is 10.1. The molecular weight excluding hydrogens is 288 g/mol. The van der Waals surface area contributed by atoms with Gasteiger partial charge in [0, 0.05) is 4.90 Å². The average molecular weight is 312 g/mol. The number of thioether (sulfide) groups is 1. The van der Waals surface area contributed by atoms with Crippen LogP contribution in [0.2, 0.25) is 0 Å². The van der Waals surface area contributed by atoms with E-state index in [0.717, 1.165) is 25.0 Å². The molecule has 0 saturated carbocycles. The van der Waals surface area contributed by atoms with Crippen LogP contribution >= 0.6 is 11.8 Å². The predicted molar refractivity (Wildman–Crippen MR) is 98.1 cm³/mol. The first-order valence-corrected chi connectivity index (χ1v) is 8.90. The van der Waals surface area contributed by atoms with Gasteiger partial charge in [-0.05, 0) is 48.3 Å². The normalized spacial score (nSPS) is 12.6. The zero-order valence-corrected chi connectivity index (χ0v) is 13.9. The highest BCUT2D eigenvalue weighted by molar-refractivity contribution is 7.99. The van der Waals surface area contributed by atoms with Crippen molar-refractivity contribution in [3.8, 4) is 0 Å². The van der Waals surface area contributed by atoms with Crippen molar-refractivity contribution in [1.82, 2.24) is 0 Å². The summed E-state index contributed by atoms with van der Waals surface area (Å²) in [6.45, 7) is 2.03. The molecule has 2 heteroatoms. The lowest BCUT2D eigenvalue weighted by molar-refractivity contribution is 0.160. The van der Waals surface area contributed by atoms with Gasteiger partial charge in [-0.25, -0.2) is 0 Å². The van der Waals surface area contributed by atoms with Crippen molar-refractivity contribution in [3.63, 3.8) is 0 Å². The molecule has 2 rings (SSSR count). The molecule has 0 heterocycles. The van der Waals surface area contributed by atoms with Crippen molar-refractivity contribution in [2.45, 2.75) is 37.2 Å². The number of hydrogen-bond donors (Lipinski definition) is 1. The van der Waals surface area contributed by atoms with Crippen molar-refractivity contribution >= 4 is 23.9 Å². The smallest absolute Gasteiger partial charge is 0.0538 e. The highest BCUT2D eigenvalue weighted by atomic mass is 32.2. The van der Waals surface area contributed by atoms with Gasteiger partial charge in [0.05, 0.1) is 6.10 Å². The van der Waals surface area contributed by atoms with Crippen molar-refractivity contribution in [2.24, 2.45) is 0 Å². The van der Waals surface area contributed by atoms with Gasteiger partial charge in [-0.2, -0.15) is 0 Å². The van der Waals surface area contributed by atoms with Crippen LogP contribution in [-0.4, -0.2) is 17.0 Å². The zero-order valence-electron chi connectivity index (χ0n) is 13.1. The van der Waals surface area contributed by atoms with Crippen LogP contribution in [-0.2, 0) is 0 Å². The zero-order chi connectivity index (χ0) is 15.6. The molecule has 0 fully saturated rings. The summed E-state index contributed by atoms with van der Waals surface area (Å²) in [6.07, 6.45) is 6.96. The molecule has 1 atom stereocenters. The van der Waals surface area contributed by atoms with Gasteiger partial charge in [0.1, 0.15) is 0 Å². The number of aliphatic hydroxyl groups excluding tert-OH is 1. The summed E-state index contributed by atoms with van der Waals surface area (Å²) in [5.41, 5.74) is 2.44.